The van der Waals surface area contributed by atoms with Crippen LogP contribution in [0.4, 0.5) is 0 Å². The molecule has 36 heavy (non-hydrogen) atoms. The minimum Gasteiger partial charge on any atom is -0.264 e. The monoisotopic (exact) mass is 461 g/mol. The van der Waals surface area contributed by atoms with Crippen LogP contribution in [0.15, 0.2) is 152 Å². The van der Waals surface area contributed by atoms with Crippen molar-refractivity contribution < 1.29 is 4.57 Å². The first-order valence-electron chi connectivity index (χ1n) is 12.1. The molecule has 4 aromatic carbocycles. The van der Waals surface area contributed by atoms with Gasteiger partial charge in [-0.05, 0) is 28.8 Å². The Hall–Kier alpha value is -4.82. The van der Waals surface area contributed by atoms with E-state index in [0.717, 1.165) is 16.9 Å². The molecule has 0 saturated heterocycles. The standard InChI is InChI=1S/C34H25N2/c1-5-13-26(14-6-1)31-25-36(30-21-23-35-24-22-30)34(29-19-11-4-12-20-29)33(28-17-9-3-10-18-28)32(31)27-15-7-2-8-16-27/h1-25H/q+1. The van der Waals surface area contributed by atoms with E-state index in [1.54, 1.807) is 0 Å². The van der Waals surface area contributed by atoms with Crippen LogP contribution in [0.2, 0.25) is 0 Å². The molecular weight excluding hydrogens is 436 g/mol. The summed E-state index contributed by atoms with van der Waals surface area (Å²) < 4.78 is 2.31. The topological polar surface area (TPSA) is 16.8 Å². The fourth-order valence-corrected chi connectivity index (χ4v) is 4.85. The molecule has 2 heterocycles. The van der Waals surface area contributed by atoms with E-state index < -0.39 is 0 Å². The van der Waals surface area contributed by atoms with Crippen LogP contribution in [0, 0.1) is 0 Å². The second-order valence-electron chi connectivity index (χ2n) is 8.68. The zero-order chi connectivity index (χ0) is 24.2. The van der Waals surface area contributed by atoms with Crippen LogP contribution in [0.5, 0.6) is 0 Å². The zero-order valence-corrected chi connectivity index (χ0v) is 19.8. The number of aromatic nitrogens is 2. The van der Waals surface area contributed by atoms with Gasteiger partial charge >= 0.3 is 0 Å². The molecule has 0 N–H and O–H groups in total. The summed E-state index contributed by atoms with van der Waals surface area (Å²) in [5, 5.41) is 0. The van der Waals surface area contributed by atoms with Crippen molar-refractivity contribution in [2.75, 3.05) is 0 Å². The van der Waals surface area contributed by atoms with Crippen molar-refractivity contribution in [3.63, 3.8) is 0 Å². The van der Waals surface area contributed by atoms with Crippen molar-refractivity contribution in [3.05, 3.63) is 152 Å². The fraction of sp³-hybridized carbons (Fsp3) is 0. The van der Waals surface area contributed by atoms with Gasteiger partial charge in [-0.1, -0.05) is 109 Å². The molecule has 170 valence electrons. The Kier molecular flexibility index (Phi) is 5.91. The third kappa shape index (κ3) is 4.10. The summed E-state index contributed by atoms with van der Waals surface area (Å²) in [6, 6.07) is 46.9. The molecule has 0 bridgehead atoms. The molecule has 0 aliphatic carbocycles. The second kappa shape index (κ2) is 9.81. The second-order valence-corrected chi connectivity index (χ2v) is 8.68. The highest BCUT2D eigenvalue weighted by atomic mass is 15.0. The van der Waals surface area contributed by atoms with Crippen molar-refractivity contribution in [2.24, 2.45) is 0 Å². The Morgan fingerprint density at radius 3 is 1.39 bits per heavy atom. The molecule has 6 aromatic rings. The van der Waals surface area contributed by atoms with Gasteiger partial charge in [0.1, 0.15) is 0 Å². The Morgan fingerprint density at radius 2 is 0.861 bits per heavy atom. The van der Waals surface area contributed by atoms with Crippen molar-refractivity contribution >= 4 is 0 Å². The van der Waals surface area contributed by atoms with E-state index in [-0.39, 0.29) is 0 Å². The van der Waals surface area contributed by atoms with Crippen LogP contribution < -0.4 is 4.57 Å². The van der Waals surface area contributed by atoms with Crippen LogP contribution in [-0.2, 0) is 0 Å². The summed E-state index contributed by atoms with van der Waals surface area (Å²) in [7, 11) is 0. The maximum Gasteiger partial charge on any atom is 0.226 e. The molecule has 0 unspecified atom stereocenters. The van der Waals surface area contributed by atoms with Crippen molar-refractivity contribution in [3.8, 4) is 50.3 Å². The molecular formula is C34H25N2+. The molecule has 2 heteroatoms. The maximum absolute atomic E-state index is 4.29. The van der Waals surface area contributed by atoms with E-state index in [9.17, 15) is 0 Å². The van der Waals surface area contributed by atoms with Gasteiger partial charge in [0, 0.05) is 35.7 Å². The normalized spacial score (nSPS) is 10.8. The number of pyridine rings is 2. The van der Waals surface area contributed by atoms with Crippen LogP contribution in [0.25, 0.3) is 50.3 Å². The Balaban J connectivity index is 1.84. The van der Waals surface area contributed by atoms with Crippen LogP contribution >= 0.6 is 0 Å². The van der Waals surface area contributed by atoms with E-state index in [1.807, 2.05) is 12.4 Å². The molecule has 2 aromatic heterocycles. The molecule has 6 rings (SSSR count). The summed E-state index contributed by atoms with van der Waals surface area (Å²) in [5.74, 6) is 0. The predicted molar refractivity (Wildman–Crippen MR) is 148 cm³/mol. The van der Waals surface area contributed by atoms with Gasteiger partial charge < -0.3 is 0 Å². The lowest BCUT2D eigenvalue weighted by molar-refractivity contribution is -0.582. The Morgan fingerprint density at radius 1 is 0.417 bits per heavy atom. The summed E-state index contributed by atoms with van der Waals surface area (Å²) in [6.45, 7) is 0. The number of benzene rings is 4. The predicted octanol–water partition coefficient (Wildman–Crippen LogP) is 8.03. The van der Waals surface area contributed by atoms with Crippen molar-refractivity contribution in [1.29, 1.82) is 0 Å². The number of rotatable bonds is 5. The van der Waals surface area contributed by atoms with E-state index in [2.05, 4.69) is 149 Å². The summed E-state index contributed by atoms with van der Waals surface area (Å²) >= 11 is 0. The largest absolute Gasteiger partial charge is 0.264 e. The number of hydrogen-bond acceptors (Lipinski definition) is 1. The van der Waals surface area contributed by atoms with Gasteiger partial charge in [-0.15, -0.1) is 0 Å². The average Bonchev–Trinajstić information content (AvgIpc) is 2.98. The average molecular weight is 462 g/mol. The molecule has 0 fully saturated rings. The summed E-state index contributed by atoms with van der Waals surface area (Å²) in [4.78, 5) is 4.29. The van der Waals surface area contributed by atoms with Crippen molar-refractivity contribution in [2.45, 2.75) is 0 Å². The molecule has 0 radical (unpaired) electrons. The molecule has 0 amide bonds. The molecule has 0 aliphatic heterocycles. The number of hydrogen-bond donors (Lipinski definition) is 0. The molecule has 0 saturated carbocycles. The van der Waals surface area contributed by atoms with Crippen LogP contribution in [-0.4, -0.2) is 4.98 Å². The maximum atomic E-state index is 4.29. The third-order valence-corrected chi connectivity index (χ3v) is 6.45. The van der Waals surface area contributed by atoms with Crippen molar-refractivity contribution in [1.82, 2.24) is 4.98 Å². The van der Waals surface area contributed by atoms with Gasteiger partial charge in [0.05, 0.1) is 11.1 Å². The SMILES string of the molecule is c1ccc(-c2c[n+](-c3ccncc3)c(-c3ccccc3)c(-c3ccccc3)c2-c2ccccc2)cc1. The van der Waals surface area contributed by atoms with E-state index in [1.165, 1.54) is 33.4 Å². The summed E-state index contributed by atoms with van der Waals surface area (Å²) in [6.07, 6.45) is 5.99. The van der Waals surface area contributed by atoms with Gasteiger partial charge in [-0.3, -0.25) is 4.98 Å². The Bertz CT molecular complexity index is 1480. The van der Waals surface area contributed by atoms with Gasteiger partial charge in [0.25, 0.3) is 0 Å². The Labute approximate surface area is 211 Å². The first-order chi connectivity index (χ1) is 17.9. The fourth-order valence-electron chi connectivity index (χ4n) is 4.85. The lowest BCUT2D eigenvalue weighted by Gasteiger charge is -2.19. The molecule has 0 spiro atoms. The quantitative estimate of drug-likeness (QED) is 0.238. The van der Waals surface area contributed by atoms with Crippen LogP contribution in [0.3, 0.4) is 0 Å². The van der Waals surface area contributed by atoms with E-state index in [4.69, 9.17) is 0 Å². The third-order valence-electron chi connectivity index (χ3n) is 6.45. The van der Waals surface area contributed by atoms with Gasteiger partial charge in [0.2, 0.25) is 11.4 Å². The van der Waals surface area contributed by atoms with Gasteiger partial charge in [-0.2, -0.15) is 4.57 Å². The zero-order valence-electron chi connectivity index (χ0n) is 19.8. The first-order valence-corrected chi connectivity index (χ1v) is 12.1. The smallest absolute Gasteiger partial charge is 0.226 e. The molecule has 2 nitrogen and oxygen atoms in total. The van der Waals surface area contributed by atoms with Crippen LogP contribution in [0.1, 0.15) is 0 Å². The van der Waals surface area contributed by atoms with Gasteiger partial charge in [0.15, 0.2) is 6.20 Å². The highest BCUT2D eigenvalue weighted by Crippen LogP contribution is 2.44. The first kappa shape index (κ1) is 21.7. The molecule has 0 aliphatic rings. The highest BCUT2D eigenvalue weighted by molar-refractivity contribution is 5.98. The van der Waals surface area contributed by atoms with E-state index >= 15 is 0 Å². The molecule has 0 atom stereocenters. The minimum atomic E-state index is 1.07. The lowest BCUT2D eigenvalue weighted by atomic mass is 9.85. The van der Waals surface area contributed by atoms with E-state index in [0.29, 0.717) is 0 Å². The minimum absolute atomic E-state index is 1.07. The summed E-state index contributed by atoms with van der Waals surface area (Å²) in [5.41, 5.74) is 10.5. The number of nitrogens with zero attached hydrogens (tertiary/aromatic N) is 2. The van der Waals surface area contributed by atoms with Gasteiger partial charge in [-0.25, -0.2) is 0 Å². The lowest BCUT2D eigenvalue weighted by Crippen LogP contribution is -2.34. The highest BCUT2D eigenvalue weighted by Gasteiger charge is 2.29.